The molecule has 1 amide bonds. The second kappa shape index (κ2) is 3.73. The Morgan fingerprint density at radius 2 is 2.40 bits per heavy atom. The van der Waals surface area contributed by atoms with Crippen molar-refractivity contribution in [3.63, 3.8) is 0 Å². The fourth-order valence-corrected chi connectivity index (χ4v) is 2.12. The van der Waals surface area contributed by atoms with Crippen molar-refractivity contribution in [2.24, 2.45) is 5.73 Å². The molecule has 0 aliphatic heterocycles. The van der Waals surface area contributed by atoms with Crippen LogP contribution in [0.3, 0.4) is 0 Å². The number of aromatic amines is 1. The fourth-order valence-electron chi connectivity index (χ4n) is 1.24. The van der Waals surface area contributed by atoms with Gasteiger partial charge in [-0.3, -0.25) is 9.36 Å². The molecule has 15 heavy (non-hydrogen) atoms. The lowest BCUT2D eigenvalue weighted by Crippen LogP contribution is -2.23. The number of nitrogens with one attached hydrogen (secondary N) is 1. The molecular weight excluding hydrogens is 216 g/mol. The van der Waals surface area contributed by atoms with Gasteiger partial charge >= 0.3 is 5.69 Å². The van der Waals surface area contributed by atoms with E-state index in [9.17, 15) is 9.59 Å². The van der Waals surface area contributed by atoms with E-state index in [0.717, 1.165) is 12.8 Å². The van der Waals surface area contributed by atoms with E-state index in [2.05, 4.69) is 10.2 Å². The average Bonchev–Trinajstić information content (AvgIpc) is 2.93. The first-order chi connectivity index (χ1) is 7.09. The van der Waals surface area contributed by atoms with Gasteiger partial charge < -0.3 is 5.73 Å². The summed E-state index contributed by atoms with van der Waals surface area (Å²) in [7, 11) is 0. The lowest BCUT2D eigenvalue weighted by molar-refractivity contribution is -0.117. The number of hydrogen-bond acceptors (Lipinski definition) is 4. The number of aromatic nitrogens is 3. The summed E-state index contributed by atoms with van der Waals surface area (Å²) in [5, 5.41) is 6.44. The summed E-state index contributed by atoms with van der Waals surface area (Å²) in [6, 6.07) is 0.249. The molecule has 1 saturated carbocycles. The van der Waals surface area contributed by atoms with Crippen LogP contribution in [0.1, 0.15) is 25.8 Å². The molecule has 1 aromatic rings. The molecule has 0 unspecified atom stereocenters. The zero-order chi connectivity index (χ0) is 11.0. The summed E-state index contributed by atoms with van der Waals surface area (Å²) in [4.78, 5) is 22.3. The molecule has 3 N–H and O–H groups in total. The average molecular weight is 228 g/mol. The number of primary amides is 1. The van der Waals surface area contributed by atoms with Crippen LogP contribution < -0.4 is 11.4 Å². The molecule has 82 valence electrons. The van der Waals surface area contributed by atoms with Crippen LogP contribution >= 0.6 is 11.8 Å². The first-order valence-electron chi connectivity index (χ1n) is 4.72. The third-order valence-corrected chi connectivity index (χ3v) is 3.35. The van der Waals surface area contributed by atoms with Gasteiger partial charge in [-0.05, 0) is 19.8 Å². The first-order valence-corrected chi connectivity index (χ1v) is 5.60. The third kappa shape index (κ3) is 2.06. The molecule has 0 aromatic carbocycles. The molecule has 1 heterocycles. The summed E-state index contributed by atoms with van der Waals surface area (Å²) in [6.07, 6.45) is 2.00. The molecule has 1 atom stereocenters. The van der Waals surface area contributed by atoms with E-state index in [-0.39, 0.29) is 17.0 Å². The normalized spacial score (nSPS) is 17.7. The van der Waals surface area contributed by atoms with Gasteiger partial charge in [-0.25, -0.2) is 9.89 Å². The van der Waals surface area contributed by atoms with Gasteiger partial charge in [-0.1, -0.05) is 11.8 Å². The highest BCUT2D eigenvalue weighted by Crippen LogP contribution is 2.36. The Morgan fingerprint density at radius 1 is 1.73 bits per heavy atom. The number of carbonyl (C=O) groups excluding carboxylic acids is 1. The van der Waals surface area contributed by atoms with Gasteiger partial charge in [0, 0.05) is 6.04 Å². The van der Waals surface area contributed by atoms with Gasteiger partial charge in [0.15, 0.2) is 5.16 Å². The SMILES string of the molecule is C[C@H](Sc1n[nH]c(=O)n1C1CC1)C(N)=O. The second-order valence-electron chi connectivity index (χ2n) is 3.57. The number of nitrogens with two attached hydrogens (primary N) is 1. The van der Waals surface area contributed by atoms with Crippen LogP contribution in [-0.2, 0) is 4.79 Å². The van der Waals surface area contributed by atoms with E-state index in [1.807, 2.05) is 0 Å². The van der Waals surface area contributed by atoms with Gasteiger partial charge in [0.25, 0.3) is 0 Å². The van der Waals surface area contributed by atoms with Gasteiger partial charge in [-0.15, -0.1) is 5.10 Å². The van der Waals surface area contributed by atoms with E-state index >= 15 is 0 Å². The quantitative estimate of drug-likeness (QED) is 0.702. The number of H-pyrrole nitrogens is 1. The molecule has 0 radical (unpaired) electrons. The van der Waals surface area contributed by atoms with Crippen LogP contribution in [-0.4, -0.2) is 25.9 Å². The molecule has 1 aromatic heterocycles. The number of rotatable bonds is 4. The Balaban J connectivity index is 2.21. The highest BCUT2D eigenvalue weighted by atomic mass is 32.2. The number of thioether (sulfide) groups is 1. The number of carbonyl (C=O) groups is 1. The van der Waals surface area contributed by atoms with Crippen molar-refractivity contribution < 1.29 is 4.79 Å². The van der Waals surface area contributed by atoms with E-state index in [1.54, 1.807) is 11.5 Å². The van der Waals surface area contributed by atoms with Crippen LogP contribution in [0.15, 0.2) is 9.95 Å². The third-order valence-electron chi connectivity index (χ3n) is 2.27. The van der Waals surface area contributed by atoms with Crippen molar-refractivity contribution in [1.29, 1.82) is 0 Å². The Morgan fingerprint density at radius 3 is 2.93 bits per heavy atom. The maximum atomic E-state index is 11.4. The van der Waals surface area contributed by atoms with Gasteiger partial charge in [0.1, 0.15) is 0 Å². The minimum Gasteiger partial charge on any atom is -0.369 e. The fraction of sp³-hybridized carbons (Fsp3) is 0.625. The molecule has 1 aliphatic carbocycles. The first kappa shape index (κ1) is 10.3. The molecule has 0 saturated heterocycles. The summed E-state index contributed by atoms with van der Waals surface area (Å²) < 4.78 is 1.60. The van der Waals surface area contributed by atoms with Crippen molar-refractivity contribution in [3.8, 4) is 0 Å². The molecule has 0 spiro atoms. The number of nitrogens with zero attached hydrogens (tertiary/aromatic N) is 2. The van der Waals surface area contributed by atoms with E-state index in [1.165, 1.54) is 11.8 Å². The molecule has 6 nitrogen and oxygen atoms in total. The minimum atomic E-state index is -0.405. The van der Waals surface area contributed by atoms with Gasteiger partial charge in [0.05, 0.1) is 5.25 Å². The zero-order valence-electron chi connectivity index (χ0n) is 8.27. The van der Waals surface area contributed by atoms with Crippen LogP contribution in [0, 0.1) is 0 Å². The lowest BCUT2D eigenvalue weighted by atomic mass is 10.5. The lowest BCUT2D eigenvalue weighted by Gasteiger charge is -2.06. The van der Waals surface area contributed by atoms with Crippen molar-refractivity contribution in [3.05, 3.63) is 10.5 Å². The number of amides is 1. The maximum Gasteiger partial charge on any atom is 0.344 e. The van der Waals surface area contributed by atoms with E-state index in [4.69, 9.17) is 5.73 Å². The van der Waals surface area contributed by atoms with Crippen molar-refractivity contribution in [2.75, 3.05) is 0 Å². The molecule has 7 heteroatoms. The predicted octanol–water partition coefficient (Wildman–Crippen LogP) is -0.128. The standard InChI is InChI=1S/C8H12N4O2S/c1-4(6(9)13)15-8-11-10-7(14)12(8)5-2-3-5/h4-5H,2-3H2,1H3,(H2,9,13)(H,10,14)/t4-/m0/s1. The predicted molar refractivity (Wildman–Crippen MR) is 55.6 cm³/mol. The van der Waals surface area contributed by atoms with E-state index in [0.29, 0.717) is 5.16 Å². The van der Waals surface area contributed by atoms with Crippen molar-refractivity contribution in [2.45, 2.75) is 36.2 Å². The summed E-state index contributed by atoms with van der Waals surface area (Å²) in [5.41, 5.74) is 4.94. The number of hydrogen-bond donors (Lipinski definition) is 2. The Labute approximate surface area is 90.2 Å². The highest BCUT2D eigenvalue weighted by Gasteiger charge is 2.29. The summed E-state index contributed by atoms with van der Waals surface area (Å²) >= 11 is 1.21. The van der Waals surface area contributed by atoms with Gasteiger partial charge in [-0.2, -0.15) is 0 Å². The molecule has 0 bridgehead atoms. The Kier molecular flexibility index (Phi) is 2.56. The maximum absolute atomic E-state index is 11.4. The van der Waals surface area contributed by atoms with Crippen LogP contribution in [0.2, 0.25) is 0 Å². The van der Waals surface area contributed by atoms with Crippen LogP contribution in [0.25, 0.3) is 0 Å². The van der Waals surface area contributed by atoms with Crippen molar-refractivity contribution >= 4 is 17.7 Å². The van der Waals surface area contributed by atoms with Crippen LogP contribution in [0.4, 0.5) is 0 Å². The van der Waals surface area contributed by atoms with Crippen LogP contribution in [0.5, 0.6) is 0 Å². The summed E-state index contributed by atoms with van der Waals surface area (Å²) in [6.45, 7) is 1.70. The Bertz CT molecular complexity index is 434. The molecule has 2 rings (SSSR count). The minimum absolute atomic E-state index is 0.211. The Hall–Kier alpha value is -1.24. The molecule has 1 aliphatic rings. The van der Waals surface area contributed by atoms with Gasteiger partial charge in [0.2, 0.25) is 5.91 Å². The second-order valence-corrected chi connectivity index (χ2v) is 4.88. The largest absolute Gasteiger partial charge is 0.369 e. The smallest absolute Gasteiger partial charge is 0.344 e. The van der Waals surface area contributed by atoms with Crippen molar-refractivity contribution in [1.82, 2.24) is 14.8 Å². The molecular formula is C8H12N4O2S. The van der Waals surface area contributed by atoms with E-state index < -0.39 is 5.91 Å². The highest BCUT2D eigenvalue weighted by molar-refractivity contribution is 8.00. The monoisotopic (exact) mass is 228 g/mol. The topological polar surface area (TPSA) is 93.8 Å². The summed E-state index contributed by atoms with van der Waals surface area (Å²) in [5.74, 6) is -0.405. The molecule has 1 fully saturated rings. The zero-order valence-corrected chi connectivity index (χ0v) is 9.08.